The molecule has 0 bridgehead atoms. The van der Waals surface area contributed by atoms with Gasteiger partial charge in [-0.25, -0.2) is 18.6 Å². The van der Waals surface area contributed by atoms with Crippen LogP contribution in [-0.4, -0.2) is 29.8 Å². The summed E-state index contributed by atoms with van der Waals surface area (Å²) in [6, 6.07) is 2.96. The van der Waals surface area contributed by atoms with Crippen molar-refractivity contribution in [3.63, 3.8) is 0 Å². The molecule has 0 unspecified atom stereocenters. The molecular weight excluding hydrogens is 312 g/mol. The van der Waals surface area contributed by atoms with Gasteiger partial charge in [-0.1, -0.05) is 6.07 Å². The summed E-state index contributed by atoms with van der Waals surface area (Å²) in [6.07, 6.45) is 0.891. The van der Waals surface area contributed by atoms with E-state index in [0.717, 1.165) is 17.2 Å². The maximum atomic E-state index is 13.6. The third-order valence-electron chi connectivity index (χ3n) is 2.95. The fraction of sp³-hybridized carbons (Fsp3) is 0.333. The van der Waals surface area contributed by atoms with Gasteiger partial charge in [0.1, 0.15) is 11.6 Å². The monoisotopic (exact) mass is 327 g/mol. The fourth-order valence-electron chi connectivity index (χ4n) is 1.91. The highest BCUT2D eigenvalue weighted by Gasteiger charge is 2.38. The van der Waals surface area contributed by atoms with E-state index in [-0.39, 0.29) is 17.9 Å². The number of amides is 1. The molecule has 0 saturated carbocycles. The minimum Gasteiger partial charge on any atom is -0.445 e. The highest BCUT2D eigenvalue weighted by atomic mass is 19.1. The van der Waals surface area contributed by atoms with Crippen molar-refractivity contribution in [2.45, 2.75) is 26.2 Å². The number of rotatable bonds is 4. The molecule has 6 nitrogen and oxygen atoms in total. The Morgan fingerprint density at radius 3 is 2.57 bits per heavy atom. The van der Waals surface area contributed by atoms with Crippen LogP contribution in [0, 0.1) is 11.6 Å². The summed E-state index contributed by atoms with van der Waals surface area (Å²) in [4.78, 5) is 28.5. The van der Waals surface area contributed by atoms with Crippen molar-refractivity contribution in [1.82, 2.24) is 5.06 Å². The van der Waals surface area contributed by atoms with Gasteiger partial charge in [0.2, 0.25) is 11.5 Å². The first-order chi connectivity index (χ1) is 10.7. The van der Waals surface area contributed by atoms with E-state index < -0.39 is 29.3 Å². The maximum absolute atomic E-state index is 13.6. The van der Waals surface area contributed by atoms with Crippen LogP contribution in [0.1, 0.15) is 19.4 Å². The number of nitrogens with zero attached hydrogens (tertiary/aromatic N) is 1. The van der Waals surface area contributed by atoms with E-state index in [1.807, 2.05) is 0 Å². The van der Waals surface area contributed by atoms with Gasteiger partial charge in [0.15, 0.2) is 0 Å². The number of benzene rings is 1. The molecule has 1 fully saturated rings. The molecular formula is C15H15F2NO5. The molecule has 2 rings (SSSR count). The maximum Gasteiger partial charge on any atom is 0.377 e. The van der Waals surface area contributed by atoms with Gasteiger partial charge in [0.05, 0.1) is 19.7 Å². The lowest BCUT2D eigenvalue weighted by Gasteiger charge is -2.18. The molecule has 1 heterocycles. The molecule has 8 heteroatoms. The number of hydrogen-bond acceptors (Lipinski definition) is 5. The van der Waals surface area contributed by atoms with Crippen molar-refractivity contribution in [3.05, 3.63) is 47.2 Å². The Morgan fingerprint density at radius 1 is 1.35 bits per heavy atom. The molecule has 1 aromatic rings. The van der Waals surface area contributed by atoms with Gasteiger partial charge in [0, 0.05) is 25.5 Å². The van der Waals surface area contributed by atoms with Crippen LogP contribution in [0.4, 0.5) is 8.78 Å². The Bertz CT molecular complexity index is 672. The van der Waals surface area contributed by atoms with Gasteiger partial charge in [-0.05, 0) is 6.07 Å². The Labute approximate surface area is 131 Å². The predicted octanol–water partition coefficient (Wildman–Crippen LogP) is 2.05. The number of cyclic esters (lactones) is 1. The number of hydrogen-bond donors (Lipinski definition) is 0. The number of ether oxygens (including phenoxy) is 2. The van der Waals surface area contributed by atoms with Gasteiger partial charge < -0.3 is 9.47 Å². The Balaban J connectivity index is 2.14. The van der Waals surface area contributed by atoms with E-state index >= 15 is 0 Å². The van der Waals surface area contributed by atoms with Crippen molar-refractivity contribution < 1.29 is 32.7 Å². The first kappa shape index (κ1) is 16.9. The van der Waals surface area contributed by atoms with E-state index in [0.29, 0.717) is 6.07 Å². The van der Waals surface area contributed by atoms with Crippen molar-refractivity contribution in [1.29, 1.82) is 0 Å². The molecule has 0 aliphatic carbocycles. The topological polar surface area (TPSA) is 65.1 Å². The second kappa shape index (κ2) is 6.33. The lowest BCUT2D eigenvalue weighted by atomic mass is 10.2. The summed E-state index contributed by atoms with van der Waals surface area (Å²) in [5, 5.41) is 0.797. The molecule has 0 aromatic heterocycles. The van der Waals surface area contributed by atoms with Crippen molar-refractivity contribution >= 4 is 11.9 Å². The van der Waals surface area contributed by atoms with E-state index in [9.17, 15) is 18.4 Å². The number of halogens is 2. The molecule has 1 amide bonds. The molecule has 0 N–H and O–H groups in total. The summed E-state index contributed by atoms with van der Waals surface area (Å²) < 4.78 is 36.6. The van der Waals surface area contributed by atoms with Crippen LogP contribution < -0.4 is 0 Å². The average molecular weight is 327 g/mol. The van der Waals surface area contributed by atoms with Crippen LogP contribution in [0.25, 0.3) is 0 Å². The molecule has 1 aliphatic rings. The zero-order valence-electron chi connectivity index (χ0n) is 12.8. The first-order valence-corrected chi connectivity index (χ1v) is 6.65. The lowest BCUT2D eigenvalue weighted by Crippen LogP contribution is -2.29. The molecule has 1 aliphatic heterocycles. The summed E-state index contributed by atoms with van der Waals surface area (Å²) in [7, 11) is 1.20. The molecule has 0 radical (unpaired) electrons. The summed E-state index contributed by atoms with van der Waals surface area (Å²) >= 11 is 0. The van der Waals surface area contributed by atoms with Gasteiger partial charge in [0.25, 0.3) is 5.91 Å². The SMILES string of the molecule is CON(Cc1ccc(F)cc1F)C(=O)/C=C1/OC(C)(C)OC1=O. The Kier molecular flexibility index (Phi) is 4.65. The number of esters is 1. The standard InChI is InChI=1S/C15H15F2NO5/c1-15(2)22-12(14(20)23-15)7-13(19)18(21-3)8-9-4-5-10(16)6-11(9)17/h4-7H,8H2,1-3H3/b12-7+. The van der Waals surface area contributed by atoms with E-state index in [2.05, 4.69) is 0 Å². The molecule has 0 atom stereocenters. The zero-order chi connectivity index (χ0) is 17.2. The van der Waals surface area contributed by atoms with Crippen LogP contribution in [0.15, 0.2) is 30.0 Å². The largest absolute Gasteiger partial charge is 0.445 e. The van der Waals surface area contributed by atoms with Gasteiger partial charge in [-0.2, -0.15) is 0 Å². The molecule has 1 aromatic carbocycles. The lowest BCUT2D eigenvalue weighted by molar-refractivity contribution is -0.173. The second-order valence-electron chi connectivity index (χ2n) is 5.19. The average Bonchev–Trinajstić information content (AvgIpc) is 2.70. The molecule has 124 valence electrons. The first-order valence-electron chi connectivity index (χ1n) is 6.65. The second-order valence-corrected chi connectivity index (χ2v) is 5.19. The zero-order valence-corrected chi connectivity index (χ0v) is 12.8. The minimum atomic E-state index is -1.16. The summed E-state index contributed by atoms with van der Waals surface area (Å²) in [5.41, 5.74) is 0.0512. The van der Waals surface area contributed by atoms with Crippen LogP contribution >= 0.6 is 0 Å². The van der Waals surface area contributed by atoms with E-state index in [4.69, 9.17) is 14.3 Å². The van der Waals surface area contributed by atoms with Crippen LogP contribution in [0.5, 0.6) is 0 Å². The highest BCUT2D eigenvalue weighted by molar-refractivity contribution is 5.97. The number of carbonyl (C=O) groups is 2. The van der Waals surface area contributed by atoms with Crippen LogP contribution in [0.3, 0.4) is 0 Å². The molecule has 1 saturated heterocycles. The van der Waals surface area contributed by atoms with Gasteiger partial charge in [-0.15, -0.1) is 0 Å². The van der Waals surface area contributed by atoms with Gasteiger partial charge in [-0.3, -0.25) is 9.63 Å². The summed E-state index contributed by atoms with van der Waals surface area (Å²) in [5.74, 6) is -4.52. The third-order valence-corrected chi connectivity index (χ3v) is 2.95. The van der Waals surface area contributed by atoms with Gasteiger partial charge >= 0.3 is 5.97 Å². The normalized spacial score (nSPS) is 17.8. The van der Waals surface area contributed by atoms with E-state index in [1.165, 1.54) is 27.0 Å². The van der Waals surface area contributed by atoms with Crippen molar-refractivity contribution in [3.8, 4) is 0 Å². The van der Waals surface area contributed by atoms with E-state index in [1.54, 1.807) is 0 Å². The van der Waals surface area contributed by atoms with Crippen molar-refractivity contribution in [2.24, 2.45) is 0 Å². The number of hydroxylamine groups is 2. The molecule has 23 heavy (non-hydrogen) atoms. The molecule has 0 spiro atoms. The Hall–Kier alpha value is -2.48. The third kappa shape index (κ3) is 4.04. The fourth-order valence-corrected chi connectivity index (χ4v) is 1.91. The van der Waals surface area contributed by atoms with Crippen LogP contribution in [0.2, 0.25) is 0 Å². The highest BCUT2D eigenvalue weighted by Crippen LogP contribution is 2.26. The van der Waals surface area contributed by atoms with Crippen molar-refractivity contribution in [2.75, 3.05) is 7.11 Å². The minimum absolute atomic E-state index is 0.0512. The van der Waals surface area contributed by atoms with Crippen LogP contribution in [-0.2, 0) is 30.4 Å². The summed E-state index contributed by atoms with van der Waals surface area (Å²) in [6.45, 7) is 2.75. The quantitative estimate of drug-likeness (QED) is 0.481. The Morgan fingerprint density at radius 2 is 2.04 bits per heavy atom. The smallest absolute Gasteiger partial charge is 0.377 e. The predicted molar refractivity (Wildman–Crippen MR) is 73.3 cm³/mol. The number of carbonyl (C=O) groups excluding carboxylic acids is 2.